The molecule has 0 aliphatic heterocycles. The standard InChI is InChI=1S/C19H20N2O5/c1-14-16(8-5-9-17(14)21(24)25)20-18(22)10-11-19(23)26-13-12-15-6-3-2-4-7-15/h2-9H,10-13H2,1H3,(H,20,22). The monoisotopic (exact) mass is 356 g/mol. The largest absolute Gasteiger partial charge is 0.465 e. The third-order valence-corrected chi connectivity index (χ3v) is 3.83. The van der Waals surface area contributed by atoms with Gasteiger partial charge in [0.15, 0.2) is 0 Å². The van der Waals surface area contributed by atoms with Crippen LogP contribution in [0.15, 0.2) is 48.5 Å². The Bertz CT molecular complexity index is 790. The Morgan fingerprint density at radius 3 is 2.50 bits per heavy atom. The topological polar surface area (TPSA) is 98.5 Å². The van der Waals surface area contributed by atoms with Crippen LogP contribution < -0.4 is 5.32 Å². The van der Waals surface area contributed by atoms with Crippen LogP contribution in [0.3, 0.4) is 0 Å². The fourth-order valence-corrected chi connectivity index (χ4v) is 2.38. The fraction of sp³-hybridized carbons (Fsp3) is 0.263. The Labute approximate surface area is 151 Å². The van der Waals surface area contributed by atoms with Crippen molar-refractivity contribution in [2.75, 3.05) is 11.9 Å². The van der Waals surface area contributed by atoms with Crippen molar-refractivity contribution in [3.05, 3.63) is 69.8 Å². The summed E-state index contributed by atoms with van der Waals surface area (Å²) in [4.78, 5) is 34.1. The first-order chi connectivity index (χ1) is 12.5. The van der Waals surface area contributed by atoms with Crippen LogP contribution in [-0.4, -0.2) is 23.4 Å². The van der Waals surface area contributed by atoms with Crippen LogP contribution in [0.2, 0.25) is 0 Å². The number of nitro benzene ring substituents is 1. The van der Waals surface area contributed by atoms with E-state index in [0.29, 0.717) is 17.7 Å². The summed E-state index contributed by atoms with van der Waals surface area (Å²) in [5.41, 5.74) is 1.74. The molecule has 2 aromatic carbocycles. The number of carbonyl (C=O) groups excluding carboxylic acids is 2. The summed E-state index contributed by atoms with van der Waals surface area (Å²) in [7, 11) is 0. The maximum absolute atomic E-state index is 12.0. The molecule has 0 radical (unpaired) electrons. The van der Waals surface area contributed by atoms with E-state index in [1.54, 1.807) is 13.0 Å². The summed E-state index contributed by atoms with van der Waals surface area (Å²) in [5, 5.41) is 13.5. The number of anilines is 1. The maximum atomic E-state index is 12.0. The molecule has 0 saturated heterocycles. The second-order valence-electron chi connectivity index (χ2n) is 5.71. The fourth-order valence-electron chi connectivity index (χ4n) is 2.38. The first kappa shape index (κ1) is 19.1. The average Bonchev–Trinajstić information content (AvgIpc) is 2.62. The van der Waals surface area contributed by atoms with E-state index in [2.05, 4.69) is 5.32 Å². The first-order valence-electron chi connectivity index (χ1n) is 8.21. The van der Waals surface area contributed by atoms with Gasteiger partial charge in [-0.1, -0.05) is 36.4 Å². The van der Waals surface area contributed by atoms with E-state index >= 15 is 0 Å². The molecule has 0 heterocycles. The normalized spacial score (nSPS) is 10.2. The average molecular weight is 356 g/mol. The van der Waals surface area contributed by atoms with Gasteiger partial charge in [-0.15, -0.1) is 0 Å². The molecule has 0 unspecified atom stereocenters. The van der Waals surface area contributed by atoms with Crippen LogP contribution in [0, 0.1) is 17.0 Å². The second kappa shape index (κ2) is 9.31. The lowest BCUT2D eigenvalue weighted by Crippen LogP contribution is -2.16. The van der Waals surface area contributed by atoms with E-state index in [9.17, 15) is 19.7 Å². The minimum Gasteiger partial charge on any atom is -0.465 e. The lowest BCUT2D eigenvalue weighted by molar-refractivity contribution is -0.385. The summed E-state index contributed by atoms with van der Waals surface area (Å²) in [6.45, 7) is 1.82. The molecule has 7 nitrogen and oxygen atoms in total. The number of nitrogens with one attached hydrogen (secondary N) is 1. The smallest absolute Gasteiger partial charge is 0.306 e. The van der Waals surface area contributed by atoms with Gasteiger partial charge in [0.05, 0.1) is 29.2 Å². The van der Waals surface area contributed by atoms with Crippen LogP contribution in [0.5, 0.6) is 0 Å². The zero-order chi connectivity index (χ0) is 18.9. The van der Waals surface area contributed by atoms with Gasteiger partial charge in [-0.25, -0.2) is 0 Å². The number of rotatable bonds is 8. The summed E-state index contributed by atoms with van der Waals surface area (Å²) >= 11 is 0. The maximum Gasteiger partial charge on any atom is 0.306 e. The van der Waals surface area contributed by atoms with Gasteiger partial charge in [0.25, 0.3) is 5.69 Å². The summed E-state index contributed by atoms with van der Waals surface area (Å²) in [5.74, 6) is -0.847. The summed E-state index contributed by atoms with van der Waals surface area (Å²) in [6.07, 6.45) is 0.520. The lowest BCUT2D eigenvalue weighted by Gasteiger charge is -2.09. The Hall–Kier alpha value is -3.22. The minimum absolute atomic E-state index is 0.0470. The highest BCUT2D eigenvalue weighted by Gasteiger charge is 2.15. The number of hydrogen-bond acceptors (Lipinski definition) is 5. The number of nitrogens with zero attached hydrogens (tertiary/aromatic N) is 1. The van der Waals surface area contributed by atoms with Gasteiger partial charge < -0.3 is 10.1 Å². The molecular weight excluding hydrogens is 336 g/mol. The Morgan fingerprint density at radius 1 is 1.08 bits per heavy atom. The highest BCUT2D eigenvalue weighted by Crippen LogP contribution is 2.25. The van der Waals surface area contributed by atoms with Crippen molar-refractivity contribution in [2.24, 2.45) is 0 Å². The van der Waals surface area contributed by atoms with Crippen LogP contribution in [0.25, 0.3) is 0 Å². The van der Waals surface area contributed by atoms with Crippen molar-refractivity contribution in [1.82, 2.24) is 0 Å². The molecule has 0 aliphatic rings. The van der Waals surface area contributed by atoms with E-state index < -0.39 is 16.8 Å². The van der Waals surface area contributed by atoms with Crippen molar-refractivity contribution in [2.45, 2.75) is 26.2 Å². The van der Waals surface area contributed by atoms with E-state index in [1.165, 1.54) is 12.1 Å². The number of amides is 1. The van der Waals surface area contributed by atoms with Gasteiger partial charge in [0, 0.05) is 18.9 Å². The minimum atomic E-state index is -0.505. The number of hydrogen-bond donors (Lipinski definition) is 1. The van der Waals surface area contributed by atoms with E-state index in [0.717, 1.165) is 5.56 Å². The molecule has 0 aromatic heterocycles. The summed E-state index contributed by atoms with van der Waals surface area (Å²) in [6, 6.07) is 14.1. The third-order valence-electron chi connectivity index (χ3n) is 3.83. The molecular formula is C19H20N2O5. The van der Waals surface area contributed by atoms with Crippen LogP contribution in [0.1, 0.15) is 24.0 Å². The number of nitro groups is 1. The third kappa shape index (κ3) is 5.70. The van der Waals surface area contributed by atoms with Gasteiger partial charge >= 0.3 is 5.97 Å². The van der Waals surface area contributed by atoms with Crippen LogP contribution >= 0.6 is 0 Å². The molecule has 2 aromatic rings. The van der Waals surface area contributed by atoms with Crippen molar-refractivity contribution >= 4 is 23.3 Å². The van der Waals surface area contributed by atoms with E-state index in [1.807, 2.05) is 30.3 Å². The number of esters is 1. The highest BCUT2D eigenvalue weighted by atomic mass is 16.6. The predicted molar refractivity (Wildman–Crippen MR) is 96.8 cm³/mol. The van der Waals surface area contributed by atoms with Crippen LogP contribution in [0.4, 0.5) is 11.4 Å². The molecule has 0 aliphatic carbocycles. The molecule has 136 valence electrons. The van der Waals surface area contributed by atoms with Gasteiger partial charge in [0.2, 0.25) is 5.91 Å². The SMILES string of the molecule is Cc1c(NC(=O)CCC(=O)OCCc2ccccc2)cccc1[N+](=O)[O-]. The highest BCUT2D eigenvalue weighted by molar-refractivity contribution is 5.93. The van der Waals surface area contributed by atoms with Crippen molar-refractivity contribution in [1.29, 1.82) is 0 Å². The van der Waals surface area contributed by atoms with Crippen molar-refractivity contribution < 1.29 is 19.2 Å². The molecule has 0 atom stereocenters. The van der Waals surface area contributed by atoms with E-state index in [4.69, 9.17) is 4.74 Å². The van der Waals surface area contributed by atoms with Gasteiger partial charge in [-0.05, 0) is 18.6 Å². The van der Waals surface area contributed by atoms with Gasteiger partial charge in [0.1, 0.15) is 0 Å². The zero-order valence-electron chi connectivity index (χ0n) is 14.4. The Morgan fingerprint density at radius 2 is 1.81 bits per heavy atom. The van der Waals surface area contributed by atoms with Crippen molar-refractivity contribution in [3.8, 4) is 0 Å². The summed E-state index contributed by atoms with van der Waals surface area (Å²) < 4.78 is 5.11. The second-order valence-corrected chi connectivity index (χ2v) is 5.71. The Kier molecular flexibility index (Phi) is 6.84. The number of benzene rings is 2. The molecule has 7 heteroatoms. The van der Waals surface area contributed by atoms with E-state index in [-0.39, 0.29) is 25.1 Å². The Balaban J connectivity index is 1.75. The lowest BCUT2D eigenvalue weighted by atomic mass is 10.1. The molecule has 26 heavy (non-hydrogen) atoms. The zero-order valence-corrected chi connectivity index (χ0v) is 14.4. The first-order valence-corrected chi connectivity index (χ1v) is 8.21. The van der Waals surface area contributed by atoms with Gasteiger partial charge in [-0.2, -0.15) is 0 Å². The van der Waals surface area contributed by atoms with Crippen LogP contribution in [-0.2, 0) is 20.7 Å². The molecule has 1 N–H and O–H groups in total. The molecule has 1 amide bonds. The molecule has 0 saturated carbocycles. The van der Waals surface area contributed by atoms with Gasteiger partial charge in [-0.3, -0.25) is 19.7 Å². The molecule has 2 rings (SSSR count). The quantitative estimate of drug-likeness (QED) is 0.444. The molecule has 0 fully saturated rings. The van der Waals surface area contributed by atoms with Crippen molar-refractivity contribution in [3.63, 3.8) is 0 Å². The number of ether oxygens (including phenoxy) is 1. The predicted octanol–water partition coefficient (Wildman–Crippen LogP) is 3.41. The molecule has 0 bridgehead atoms. The molecule has 0 spiro atoms. The number of carbonyl (C=O) groups is 2.